The van der Waals surface area contributed by atoms with Gasteiger partial charge in [0.15, 0.2) is 0 Å². The summed E-state index contributed by atoms with van der Waals surface area (Å²) in [6.45, 7) is 5.29. The highest BCUT2D eigenvalue weighted by molar-refractivity contribution is 5.79. The number of rotatable bonds is 3. The molecule has 2 aromatic carbocycles. The molecule has 3 heteroatoms. The first kappa shape index (κ1) is 15.6. The second kappa shape index (κ2) is 6.45. The van der Waals surface area contributed by atoms with Gasteiger partial charge < -0.3 is 9.64 Å². The molecule has 3 rings (SSSR count). The summed E-state index contributed by atoms with van der Waals surface area (Å²) in [6, 6.07) is 14.3. The van der Waals surface area contributed by atoms with E-state index >= 15 is 0 Å². The predicted molar refractivity (Wildman–Crippen MR) is 91.5 cm³/mol. The Labute approximate surface area is 137 Å². The number of benzene rings is 2. The first-order valence-corrected chi connectivity index (χ1v) is 8.06. The van der Waals surface area contributed by atoms with Crippen molar-refractivity contribution in [2.45, 2.75) is 26.8 Å². The molecule has 0 saturated heterocycles. The monoisotopic (exact) mass is 309 g/mol. The number of ether oxygens (including phenoxy) is 1. The highest BCUT2D eigenvalue weighted by Crippen LogP contribution is 2.28. The summed E-state index contributed by atoms with van der Waals surface area (Å²) in [5.41, 5.74) is 4.80. The topological polar surface area (TPSA) is 29.5 Å². The second-order valence-electron chi connectivity index (χ2n) is 6.44. The zero-order valence-corrected chi connectivity index (χ0v) is 14.0. The molecule has 0 N–H and O–H groups in total. The van der Waals surface area contributed by atoms with Crippen LogP contribution < -0.4 is 4.74 Å². The van der Waals surface area contributed by atoms with Gasteiger partial charge in [-0.15, -0.1) is 0 Å². The van der Waals surface area contributed by atoms with Crippen molar-refractivity contribution < 1.29 is 9.53 Å². The van der Waals surface area contributed by atoms with Crippen molar-refractivity contribution in [1.82, 2.24) is 4.90 Å². The van der Waals surface area contributed by atoms with Crippen molar-refractivity contribution in [2.75, 3.05) is 13.7 Å². The van der Waals surface area contributed by atoms with E-state index in [9.17, 15) is 4.79 Å². The zero-order chi connectivity index (χ0) is 16.4. The first-order chi connectivity index (χ1) is 11.0. The fraction of sp³-hybridized carbons (Fsp3) is 0.350. The lowest BCUT2D eigenvalue weighted by Crippen LogP contribution is -2.38. The lowest BCUT2D eigenvalue weighted by atomic mass is 9.95. The molecule has 1 atom stereocenters. The van der Waals surface area contributed by atoms with Crippen LogP contribution >= 0.6 is 0 Å². The molecule has 0 unspecified atom stereocenters. The molecule has 0 spiro atoms. The van der Waals surface area contributed by atoms with E-state index < -0.39 is 0 Å². The van der Waals surface area contributed by atoms with E-state index in [1.165, 1.54) is 16.7 Å². The third-order valence-electron chi connectivity index (χ3n) is 4.51. The van der Waals surface area contributed by atoms with Crippen molar-refractivity contribution in [1.29, 1.82) is 0 Å². The summed E-state index contributed by atoms with van der Waals surface area (Å²) in [7, 11) is 1.88. The Morgan fingerprint density at radius 3 is 2.78 bits per heavy atom. The van der Waals surface area contributed by atoms with Crippen LogP contribution in [0.4, 0.5) is 0 Å². The average molecular weight is 309 g/mol. The van der Waals surface area contributed by atoms with Gasteiger partial charge in [-0.3, -0.25) is 4.79 Å². The van der Waals surface area contributed by atoms with Crippen LogP contribution in [0.1, 0.15) is 22.3 Å². The molecule has 1 aliphatic rings. The number of carbonyl (C=O) groups is 1. The highest BCUT2D eigenvalue weighted by Gasteiger charge is 2.28. The average Bonchev–Trinajstić information content (AvgIpc) is 2.56. The Balaban J connectivity index is 1.68. The summed E-state index contributed by atoms with van der Waals surface area (Å²) in [4.78, 5) is 14.6. The molecule has 0 bridgehead atoms. The third kappa shape index (κ3) is 3.39. The van der Waals surface area contributed by atoms with Crippen molar-refractivity contribution in [3.05, 3.63) is 64.7 Å². The summed E-state index contributed by atoms with van der Waals surface area (Å²) in [5, 5.41) is 0. The molecule has 0 aliphatic carbocycles. The molecule has 23 heavy (non-hydrogen) atoms. The van der Waals surface area contributed by atoms with Gasteiger partial charge in [-0.25, -0.2) is 0 Å². The number of aryl methyl sites for hydroxylation is 2. The van der Waals surface area contributed by atoms with Crippen molar-refractivity contribution >= 4 is 5.91 Å². The van der Waals surface area contributed by atoms with E-state index in [-0.39, 0.29) is 11.8 Å². The maximum absolute atomic E-state index is 12.7. The van der Waals surface area contributed by atoms with Crippen LogP contribution in [0, 0.1) is 19.8 Å². The van der Waals surface area contributed by atoms with Crippen LogP contribution in [0.15, 0.2) is 42.5 Å². The molecule has 1 amide bonds. The first-order valence-electron chi connectivity index (χ1n) is 8.06. The SMILES string of the molecule is Cc1ccc(CN(C)C(=O)[C@H]2COc3ccccc3C2)c(C)c1. The number of amides is 1. The number of fused-ring (bicyclic) bond motifs is 1. The summed E-state index contributed by atoms with van der Waals surface area (Å²) < 4.78 is 5.75. The standard InChI is InChI=1S/C20H23NO2/c1-14-8-9-17(15(2)10-14)12-21(3)20(22)18-11-16-6-4-5-7-19(16)23-13-18/h4-10,18H,11-13H2,1-3H3/t18-/m1/s1. The van der Waals surface area contributed by atoms with E-state index in [1.54, 1.807) is 0 Å². The molecule has 120 valence electrons. The quantitative estimate of drug-likeness (QED) is 0.868. The fourth-order valence-electron chi connectivity index (χ4n) is 3.15. The Bertz CT molecular complexity index is 723. The van der Waals surface area contributed by atoms with E-state index in [2.05, 4.69) is 32.0 Å². The third-order valence-corrected chi connectivity index (χ3v) is 4.51. The van der Waals surface area contributed by atoms with E-state index in [4.69, 9.17) is 4.74 Å². The molecule has 0 fully saturated rings. The number of hydrogen-bond acceptors (Lipinski definition) is 2. The largest absolute Gasteiger partial charge is 0.492 e. The summed E-state index contributed by atoms with van der Waals surface area (Å²) in [5.74, 6) is 0.966. The predicted octanol–water partition coefficient (Wildman–Crippen LogP) is 3.51. The van der Waals surface area contributed by atoms with Gasteiger partial charge >= 0.3 is 0 Å². The lowest BCUT2D eigenvalue weighted by Gasteiger charge is -2.28. The van der Waals surface area contributed by atoms with E-state index in [0.29, 0.717) is 13.2 Å². The summed E-state index contributed by atoms with van der Waals surface area (Å²) >= 11 is 0. The Hall–Kier alpha value is -2.29. The van der Waals surface area contributed by atoms with Crippen LogP contribution in [0.2, 0.25) is 0 Å². The number of para-hydroxylation sites is 1. The maximum Gasteiger partial charge on any atom is 0.229 e. The summed E-state index contributed by atoms with van der Waals surface area (Å²) in [6.07, 6.45) is 0.756. The fourth-order valence-corrected chi connectivity index (χ4v) is 3.15. The number of hydrogen-bond donors (Lipinski definition) is 0. The number of nitrogens with zero attached hydrogens (tertiary/aromatic N) is 1. The maximum atomic E-state index is 12.7. The van der Waals surface area contributed by atoms with Crippen LogP contribution in [-0.2, 0) is 17.8 Å². The van der Waals surface area contributed by atoms with Crippen molar-refractivity contribution in [3.63, 3.8) is 0 Å². The van der Waals surface area contributed by atoms with Crippen molar-refractivity contribution in [2.24, 2.45) is 5.92 Å². The molecule has 0 radical (unpaired) electrons. The lowest BCUT2D eigenvalue weighted by molar-refractivity contribution is -0.136. The highest BCUT2D eigenvalue weighted by atomic mass is 16.5. The van der Waals surface area contributed by atoms with E-state index in [0.717, 1.165) is 17.7 Å². The smallest absolute Gasteiger partial charge is 0.229 e. The van der Waals surface area contributed by atoms with Crippen LogP contribution in [0.3, 0.4) is 0 Å². The Morgan fingerprint density at radius 2 is 2.00 bits per heavy atom. The number of carbonyl (C=O) groups excluding carboxylic acids is 1. The van der Waals surface area contributed by atoms with Gasteiger partial charge in [0, 0.05) is 13.6 Å². The minimum atomic E-state index is -0.0966. The van der Waals surface area contributed by atoms with Gasteiger partial charge in [-0.2, -0.15) is 0 Å². The molecule has 2 aromatic rings. The van der Waals surface area contributed by atoms with Gasteiger partial charge in [-0.05, 0) is 43.0 Å². The second-order valence-corrected chi connectivity index (χ2v) is 6.44. The van der Waals surface area contributed by atoms with Gasteiger partial charge in [0.25, 0.3) is 0 Å². The normalized spacial score (nSPS) is 16.4. The van der Waals surface area contributed by atoms with Gasteiger partial charge in [0.2, 0.25) is 5.91 Å². The Morgan fingerprint density at radius 1 is 1.22 bits per heavy atom. The zero-order valence-electron chi connectivity index (χ0n) is 14.0. The Kier molecular flexibility index (Phi) is 4.37. The van der Waals surface area contributed by atoms with Gasteiger partial charge in [0.1, 0.15) is 12.4 Å². The van der Waals surface area contributed by atoms with Crippen LogP contribution in [0.25, 0.3) is 0 Å². The minimum absolute atomic E-state index is 0.0966. The van der Waals surface area contributed by atoms with Gasteiger partial charge in [0.05, 0.1) is 5.92 Å². The minimum Gasteiger partial charge on any atom is -0.492 e. The molecule has 0 aromatic heterocycles. The molecular formula is C20H23NO2. The van der Waals surface area contributed by atoms with Crippen molar-refractivity contribution in [3.8, 4) is 5.75 Å². The molecule has 0 saturated carbocycles. The van der Waals surface area contributed by atoms with Crippen LogP contribution in [0.5, 0.6) is 5.75 Å². The molecular weight excluding hydrogens is 286 g/mol. The molecule has 1 aliphatic heterocycles. The van der Waals surface area contributed by atoms with Gasteiger partial charge in [-0.1, -0.05) is 42.0 Å². The van der Waals surface area contributed by atoms with Crippen LogP contribution in [-0.4, -0.2) is 24.5 Å². The molecule has 1 heterocycles. The van der Waals surface area contributed by atoms with E-state index in [1.807, 2.05) is 36.2 Å². The molecule has 3 nitrogen and oxygen atoms in total.